The van der Waals surface area contributed by atoms with E-state index in [9.17, 15) is 13.2 Å². The average Bonchev–Trinajstić information content (AvgIpc) is 2.91. The topological polar surface area (TPSA) is 24.1 Å². The molecule has 0 aromatic rings. The standard InChI is InChI=1S/C10H19F3N2/c11-10(12,13)8-15-7-6-14-5-1-2-9-3-4-9/h9,14-15H,1-8H2. The summed E-state index contributed by atoms with van der Waals surface area (Å²) in [6, 6.07) is 0. The highest BCUT2D eigenvalue weighted by atomic mass is 19.4. The summed E-state index contributed by atoms with van der Waals surface area (Å²) in [6.07, 6.45) is 1.05. The van der Waals surface area contributed by atoms with Crippen LogP contribution in [-0.4, -0.2) is 32.4 Å². The van der Waals surface area contributed by atoms with Crippen molar-refractivity contribution in [2.45, 2.75) is 31.9 Å². The lowest BCUT2D eigenvalue weighted by Crippen LogP contribution is -2.34. The molecular weight excluding hydrogens is 205 g/mol. The lowest BCUT2D eigenvalue weighted by molar-refractivity contribution is -0.124. The summed E-state index contributed by atoms with van der Waals surface area (Å²) in [5.41, 5.74) is 0. The highest BCUT2D eigenvalue weighted by Gasteiger charge is 2.25. The van der Waals surface area contributed by atoms with Crippen LogP contribution in [0.1, 0.15) is 25.7 Å². The van der Waals surface area contributed by atoms with Gasteiger partial charge in [0, 0.05) is 13.1 Å². The van der Waals surface area contributed by atoms with E-state index in [2.05, 4.69) is 10.6 Å². The van der Waals surface area contributed by atoms with Crippen LogP contribution >= 0.6 is 0 Å². The molecule has 0 radical (unpaired) electrons. The number of alkyl halides is 3. The summed E-state index contributed by atoms with van der Waals surface area (Å²) in [5.74, 6) is 0.940. The van der Waals surface area contributed by atoms with E-state index in [4.69, 9.17) is 0 Å². The summed E-state index contributed by atoms with van der Waals surface area (Å²) >= 11 is 0. The van der Waals surface area contributed by atoms with E-state index in [0.717, 1.165) is 18.9 Å². The summed E-state index contributed by atoms with van der Waals surface area (Å²) in [6.45, 7) is 1.02. The Kier molecular flexibility index (Phi) is 5.39. The molecule has 1 rings (SSSR count). The van der Waals surface area contributed by atoms with Crippen LogP contribution in [0.25, 0.3) is 0 Å². The lowest BCUT2D eigenvalue weighted by Gasteiger charge is -2.08. The van der Waals surface area contributed by atoms with E-state index < -0.39 is 12.7 Å². The minimum atomic E-state index is -4.09. The molecule has 0 aromatic carbocycles. The molecule has 0 unspecified atom stereocenters. The quantitative estimate of drug-likeness (QED) is 0.615. The van der Waals surface area contributed by atoms with Crippen molar-refractivity contribution in [1.29, 1.82) is 0 Å². The first-order chi connectivity index (χ1) is 7.08. The van der Waals surface area contributed by atoms with Crippen LogP contribution in [0, 0.1) is 5.92 Å². The van der Waals surface area contributed by atoms with Crippen molar-refractivity contribution in [1.82, 2.24) is 10.6 Å². The average molecular weight is 224 g/mol. The van der Waals surface area contributed by atoms with Gasteiger partial charge in [0.05, 0.1) is 6.54 Å². The number of hydrogen-bond donors (Lipinski definition) is 2. The van der Waals surface area contributed by atoms with Crippen LogP contribution in [0.4, 0.5) is 13.2 Å². The summed E-state index contributed by atoms with van der Waals surface area (Å²) in [5, 5.41) is 5.47. The Morgan fingerprint density at radius 2 is 1.67 bits per heavy atom. The lowest BCUT2D eigenvalue weighted by atomic mass is 10.2. The van der Waals surface area contributed by atoms with Gasteiger partial charge in [0.1, 0.15) is 0 Å². The molecule has 0 aromatic heterocycles. The minimum absolute atomic E-state index is 0.378. The normalized spacial score (nSPS) is 17.0. The highest BCUT2D eigenvalue weighted by Crippen LogP contribution is 2.33. The van der Waals surface area contributed by atoms with E-state index in [0.29, 0.717) is 13.1 Å². The summed E-state index contributed by atoms with van der Waals surface area (Å²) in [7, 11) is 0. The Labute approximate surface area is 88.6 Å². The maximum atomic E-state index is 11.7. The minimum Gasteiger partial charge on any atom is -0.315 e. The van der Waals surface area contributed by atoms with E-state index in [1.165, 1.54) is 19.3 Å². The Hall–Kier alpha value is -0.290. The SMILES string of the molecule is FC(F)(F)CNCCNCCCC1CC1. The van der Waals surface area contributed by atoms with Crippen LogP contribution in [-0.2, 0) is 0 Å². The van der Waals surface area contributed by atoms with Gasteiger partial charge < -0.3 is 10.6 Å². The van der Waals surface area contributed by atoms with E-state index in [-0.39, 0.29) is 0 Å². The Morgan fingerprint density at radius 1 is 1.00 bits per heavy atom. The molecule has 0 spiro atoms. The molecule has 15 heavy (non-hydrogen) atoms. The van der Waals surface area contributed by atoms with Crippen LogP contribution < -0.4 is 10.6 Å². The van der Waals surface area contributed by atoms with Crippen LogP contribution in [0.3, 0.4) is 0 Å². The van der Waals surface area contributed by atoms with Gasteiger partial charge in [0.2, 0.25) is 0 Å². The molecular formula is C10H19F3N2. The molecule has 0 aliphatic heterocycles. The van der Waals surface area contributed by atoms with Crippen molar-refractivity contribution in [2.75, 3.05) is 26.2 Å². The summed E-state index contributed by atoms with van der Waals surface area (Å²) < 4.78 is 35.1. The Morgan fingerprint density at radius 3 is 2.27 bits per heavy atom. The van der Waals surface area contributed by atoms with Gasteiger partial charge in [0.25, 0.3) is 0 Å². The molecule has 1 aliphatic carbocycles. The van der Waals surface area contributed by atoms with Crippen molar-refractivity contribution < 1.29 is 13.2 Å². The maximum Gasteiger partial charge on any atom is 0.401 e. The first-order valence-corrected chi connectivity index (χ1v) is 5.56. The second-order valence-electron chi connectivity index (χ2n) is 4.13. The zero-order chi connectivity index (χ0) is 11.1. The first-order valence-electron chi connectivity index (χ1n) is 5.56. The van der Waals surface area contributed by atoms with Crippen molar-refractivity contribution >= 4 is 0 Å². The second kappa shape index (κ2) is 6.33. The fraction of sp³-hybridized carbons (Fsp3) is 1.00. The third kappa shape index (κ3) is 8.69. The van der Waals surface area contributed by atoms with Crippen molar-refractivity contribution in [3.05, 3.63) is 0 Å². The third-order valence-corrected chi connectivity index (χ3v) is 2.47. The predicted octanol–water partition coefficient (Wildman–Crippen LogP) is 1.92. The van der Waals surface area contributed by atoms with Crippen LogP contribution in [0.2, 0.25) is 0 Å². The van der Waals surface area contributed by atoms with Gasteiger partial charge in [-0.15, -0.1) is 0 Å². The predicted molar refractivity (Wildman–Crippen MR) is 53.8 cm³/mol. The molecule has 0 heterocycles. The molecule has 0 amide bonds. The molecule has 1 fully saturated rings. The fourth-order valence-corrected chi connectivity index (χ4v) is 1.45. The van der Waals surface area contributed by atoms with Crippen LogP contribution in [0.5, 0.6) is 0 Å². The van der Waals surface area contributed by atoms with Gasteiger partial charge in [-0.2, -0.15) is 13.2 Å². The number of rotatable bonds is 8. The number of nitrogens with one attached hydrogen (secondary N) is 2. The Bertz CT molecular complexity index is 167. The Balaban J connectivity index is 1.72. The van der Waals surface area contributed by atoms with E-state index in [1.54, 1.807) is 0 Å². The van der Waals surface area contributed by atoms with E-state index >= 15 is 0 Å². The monoisotopic (exact) mass is 224 g/mol. The number of hydrogen-bond acceptors (Lipinski definition) is 2. The maximum absolute atomic E-state index is 11.7. The molecule has 0 atom stereocenters. The fourth-order valence-electron chi connectivity index (χ4n) is 1.45. The summed E-state index contributed by atoms with van der Waals surface area (Å²) in [4.78, 5) is 0. The van der Waals surface area contributed by atoms with Gasteiger partial charge in [-0.3, -0.25) is 0 Å². The van der Waals surface area contributed by atoms with Crippen molar-refractivity contribution in [2.24, 2.45) is 5.92 Å². The van der Waals surface area contributed by atoms with Crippen molar-refractivity contribution in [3.63, 3.8) is 0 Å². The molecule has 0 saturated heterocycles. The molecule has 5 heteroatoms. The number of halogens is 3. The molecule has 1 aliphatic rings. The molecule has 1 saturated carbocycles. The smallest absolute Gasteiger partial charge is 0.315 e. The molecule has 2 nitrogen and oxygen atoms in total. The molecule has 90 valence electrons. The van der Waals surface area contributed by atoms with Gasteiger partial charge in [-0.05, 0) is 25.3 Å². The zero-order valence-corrected chi connectivity index (χ0v) is 8.87. The van der Waals surface area contributed by atoms with Gasteiger partial charge in [0.15, 0.2) is 0 Å². The second-order valence-corrected chi connectivity index (χ2v) is 4.13. The van der Waals surface area contributed by atoms with Gasteiger partial charge in [-0.25, -0.2) is 0 Å². The van der Waals surface area contributed by atoms with Crippen LogP contribution in [0.15, 0.2) is 0 Å². The van der Waals surface area contributed by atoms with Crippen molar-refractivity contribution in [3.8, 4) is 0 Å². The third-order valence-electron chi connectivity index (χ3n) is 2.47. The molecule has 0 bridgehead atoms. The van der Waals surface area contributed by atoms with E-state index in [1.807, 2.05) is 0 Å². The first kappa shape index (κ1) is 12.8. The highest BCUT2D eigenvalue weighted by molar-refractivity contribution is 4.72. The largest absolute Gasteiger partial charge is 0.401 e. The zero-order valence-electron chi connectivity index (χ0n) is 8.87. The van der Waals surface area contributed by atoms with Gasteiger partial charge in [-0.1, -0.05) is 12.8 Å². The van der Waals surface area contributed by atoms with Gasteiger partial charge >= 0.3 is 6.18 Å². The molecule has 2 N–H and O–H groups in total.